The molecule has 3 nitrogen and oxygen atoms in total. The predicted octanol–water partition coefficient (Wildman–Crippen LogP) is 2.26. The molecule has 0 bridgehead atoms. The average molecular weight is 235 g/mol. The summed E-state index contributed by atoms with van der Waals surface area (Å²) in [5.41, 5.74) is 2.13. The predicted molar refractivity (Wildman–Crippen MR) is 63.5 cm³/mol. The van der Waals surface area contributed by atoms with Gasteiger partial charge < -0.3 is 4.74 Å². The van der Waals surface area contributed by atoms with E-state index in [1.54, 1.807) is 19.1 Å². The van der Waals surface area contributed by atoms with E-state index in [4.69, 9.17) is 10.00 Å². The Hall–Kier alpha value is -1.47. The number of nitriles is 1. The molecule has 0 atom stereocenters. The van der Waals surface area contributed by atoms with Crippen LogP contribution in [0, 0.1) is 18.3 Å². The molecule has 0 aromatic heterocycles. The van der Waals surface area contributed by atoms with E-state index in [9.17, 15) is 4.79 Å². The molecule has 0 saturated heterocycles. The van der Waals surface area contributed by atoms with Crippen molar-refractivity contribution in [3.63, 3.8) is 0 Å². The molecule has 84 valence electrons. The second kappa shape index (κ2) is 5.57. The smallest absolute Gasteiger partial charge is 0.310 e. The molecule has 0 aliphatic carbocycles. The van der Waals surface area contributed by atoms with Gasteiger partial charge in [-0.25, -0.2) is 0 Å². The van der Waals surface area contributed by atoms with Crippen LogP contribution < -0.4 is 0 Å². The number of carbonyl (C=O) groups is 1. The molecule has 0 fully saturated rings. The monoisotopic (exact) mass is 235 g/mol. The van der Waals surface area contributed by atoms with Gasteiger partial charge in [-0.3, -0.25) is 4.79 Å². The molecule has 0 N–H and O–H groups in total. The molecule has 0 amide bonds. The van der Waals surface area contributed by atoms with E-state index < -0.39 is 0 Å². The first-order valence-corrected chi connectivity index (χ1v) is 5.42. The number of ether oxygens (including phenoxy) is 1. The average Bonchev–Trinajstić information content (AvgIpc) is 2.25. The van der Waals surface area contributed by atoms with E-state index in [2.05, 4.69) is 18.7 Å². The van der Waals surface area contributed by atoms with E-state index >= 15 is 0 Å². The third-order valence-electron chi connectivity index (χ3n) is 2.32. The van der Waals surface area contributed by atoms with Crippen molar-refractivity contribution in [1.82, 2.24) is 0 Å². The van der Waals surface area contributed by atoms with Gasteiger partial charge in [0.1, 0.15) is 0 Å². The van der Waals surface area contributed by atoms with Gasteiger partial charge in [-0.05, 0) is 37.1 Å². The maximum atomic E-state index is 11.4. The standard InChI is InChI=1S/C12H13NO2S/c1-3-15-12(14)6-10-8(2)9(7-13)4-5-11(10)16/h4-5,16H,3,6H2,1-2H3. The number of rotatable bonds is 3. The van der Waals surface area contributed by atoms with Crippen molar-refractivity contribution in [2.75, 3.05) is 6.61 Å². The van der Waals surface area contributed by atoms with Crippen LogP contribution in [0.1, 0.15) is 23.6 Å². The Labute approximate surface area is 100 Å². The van der Waals surface area contributed by atoms with E-state index in [1.165, 1.54) is 0 Å². The van der Waals surface area contributed by atoms with Crippen LogP contribution in [0.15, 0.2) is 17.0 Å². The molecule has 1 rings (SSSR count). The highest BCUT2D eigenvalue weighted by molar-refractivity contribution is 7.80. The number of hydrogen-bond acceptors (Lipinski definition) is 4. The van der Waals surface area contributed by atoms with Crippen LogP contribution in [0.25, 0.3) is 0 Å². The van der Waals surface area contributed by atoms with Crippen molar-refractivity contribution in [1.29, 1.82) is 5.26 Å². The minimum absolute atomic E-state index is 0.161. The summed E-state index contributed by atoms with van der Waals surface area (Å²) in [5, 5.41) is 8.88. The summed E-state index contributed by atoms with van der Waals surface area (Å²) in [7, 11) is 0. The van der Waals surface area contributed by atoms with Gasteiger partial charge in [-0.2, -0.15) is 5.26 Å². The van der Waals surface area contributed by atoms with Crippen LogP contribution in [0.3, 0.4) is 0 Å². The van der Waals surface area contributed by atoms with Crippen LogP contribution in [0.2, 0.25) is 0 Å². The molecule has 0 radical (unpaired) electrons. The third kappa shape index (κ3) is 2.77. The zero-order valence-electron chi connectivity index (χ0n) is 9.28. The van der Waals surface area contributed by atoms with Gasteiger partial charge in [0.05, 0.1) is 24.7 Å². The van der Waals surface area contributed by atoms with Crippen LogP contribution in [0.4, 0.5) is 0 Å². The van der Waals surface area contributed by atoms with Crippen molar-refractivity contribution in [3.8, 4) is 6.07 Å². The Balaban J connectivity index is 3.04. The van der Waals surface area contributed by atoms with Gasteiger partial charge in [0, 0.05) is 4.90 Å². The molecular weight excluding hydrogens is 222 g/mol. The molecule has 0 unspecified atom stereocenters. The lowest BCUT2D eigenvalue weighted by Crippen LogP contribution is -2.09. The molecule has 1 aromatic rings. The molecular formula is C12H13NO2S. The van der Waals surface area contributed by atoms with Gasteiger partial charge in [-0.15, -0.1) is 12.6 Å². The number of benzene rings is 1. The van der Waals surface area contributed by atoms with Crippen LogP contribution in [-0.4, -0.2) is 12.6 Å². The number of hydrogen-bond donors (Lipinski definition) is 1. The second-order valence-corrected chi connectivity index (χ2v) is 3.81. The van der Waals surface area contributed by atoms with Crippen LogP contribution in [0.5, 0.6) is 0 Å². The second-order valence-electron chi connectivity index (χ2n) is 3.33. The molecule has 1 aromatic carbocycles. The van der Waals surface area contributed by atoms with Gasteiger partial charge in [0.25, 0.3) is 0 Å². The Morgan fingerprint density at radius 2 is 2.25 bits per heavy atom. The molecule has 0 heterocycles. The summed E-state index contributed by atoms with van der Waals surface area (Å²) >= 11 is 4.28. The fourth-order valence-corrected chi connectivity index (χ4v) is 1.76. The summed E-state index contributed by atoms with van der Waals surface area (Å²) in [6, 6.07) is 5.51. The minimum atomic E-state index is -0.295. The highest BCUT2D eigenvalue weighted by Gasteiger charge is 2.12. The summed E-state index contributed by atoms with van der Waals surface area (Å²) < 4.78 is 4.87. The zero-order valence-corrected chi connectivity index (χ0v) is 10.2. The highest BCUT2D eigenvalue weighted by Crippen LogP contribution is 2.22. The van der Waals surface area contributed by atoms with Gasteiger partial charge in [0.2, 0.25) is 0 Å². The first-order chi connectivity index (χ1) is 7.60. The fraction of sp³-hybridized carbons (Fsp3) is 0.333. The molecule has 0 aliphatic rings. The summed E-state index contributed by atoms with van der Waals surface area (Å²) in [4.78, 5) is 12.1. The number of nitrogens with zero attached hydrogens (tertiary/aromatic N) is 1. The number of carbonyl (C=O) groups excluding carboxylic acids is 1. The number of thiol groups is 1. The SMILES string of the molecule is CCOC(=O)Cc1c(S)ccc(C#N)c1C. The van der Waals surface area contributed by atoms with Crippen molar-refractivity contribution < 1.29 is 9.53 Å². The first kappa shape index (κ1) is 12.6. The van der Waals surface area contributed by atoms with E-state index in [0.29, 0.717) is 17.1 Å². The Morgan fingerprint density at radius 1 is 1.56 bits per heavy atom. The Kier molecular flexibility index (Phi) is 4.39. The van der Waals surface area contributed by atoms with Crippen molar-refractivity contribution in [3.05, 3.63) is 28.8 Å². The van der Waals surface area contributed by atoms with Gasteiger partial charge in [0.15, 0.2) is 0 Å². The summed E-state index contributed by atoms with van der Waals surface area (Å²) in [5.74, 6) is -0.295. The summed E-state index contributed by atoms with van der Waals surface area (Å²) in [6.07, 6.45) is 0.161. The quantitative estimate of drug-likeness (QED) is 0.646. The molecule has 4 heteroatoms. The van der Waals surface area contributed by atoms with E-state index in [1.807, 2.05) is 6.92 Å². The highest BCUT2D eigenvalue weighted by atomic mass is 32.1. The molecule has 0 spiro atoms. The van der Waals surface area contributed by atoms with E-state index in [-0.39, 0.29) is 12.4 Å². The first-order valence-electron chi connectivity index (χ1n) is 4.97. The van der Waals surface area contributed by atoms with E-state index in [0.717, 1.165) is 11.1 Å². The van der Waals surface area contributed by atoms with Crippen LogP contribution >= 0.6 is 12.6 Å². The minimum Gasteiger partial charge on any atom is -0.466 e. The summed E-state index contributed by atoms with van der Waals surface area (Å²) in [6.45, 7) is 3.93. The molecule has 0 aliphatic heterocycles. The zero-order chi connectivity index (χ0) is 12.1. The fourth-order valence-electron chi connectivity index (χ4n) is 1.44. The van der Waals surface area contributed by atoms with Gasteiger partial charge >= 0.3 is 5.97 Å². The Bertz CT molecular complexity index is 449. The number of esters is 1. The van der Waals surface area contributed by atoms with Crippen molar-refractivity contribution in [2.45, 2.75) is 25.2 Å². The third-order valence-corrected chi connectivity index (χ3v) is 2.74. The van der Waals surface area contributed by atoms with Crippen LogP contribution in [-0.2, 0) is 16.0 Å². The van der Waals surface area contributed by atoms with Crippen molar-refractivity contribution >= 4 is 18.6 Å². The topological polar surface area (TPSA) is 50.1 Å². The normalized spacial score (nSPS) is 9.62. The van der Waals surface area contributed by atoms with Crippen molar-refractivity contribution in [2.24, 2.45) is 0 Å². The van der Waals surface area contributed by atoms with Gasteiger partial charge in [-0.1, -0.05) is 0 Å². The Morgan fingerprint density at radius 3 is 2.81 bits per heavy atom. The lowest BCUT2D eigenvalue weighted by molar-refractivity contribution is -0.142. The lowest BCUT2D eigenvalue weighted by Gasteiger charge is -2.09. The molecule has 16 heavy (non-hydrogen) atoms. The largest absolute Gasteiger partial charge is 0.466 e. The maximum Gasteiger partial charge on any atom is 0.310 e. The maximum absolute atomic E-state index is 11.4. The lowest BCUT2D eigenvalue weighted by atomic mass is 10.0. The molecule has 0 saturated carbocycles.